The minimum atomic E-state index is -0.120. The lowest BCUT2D eigenvalue weighted by atomic mass is 9.78. The van der Waals surface area contributed by atoms with E-state index in [2.05, 4.69) is 0 Å². The van der Waals surface area contributed by atoms with Gasteiger partial charge in [-0.25, -0.2) is 0 Å². The van der Waals surface area contributed by atoms with Crippen molar-refractivity contribution < 1.29 is 5.11 Å². The Balaban J connectivity index is 2.35. The summed E-state index contributed by atoms with van der Waals surface area (Å²) in [5.74, 6) is 0. The summed E-state index contributed by atoms with van der Waals surface area (Å²) in [6.45, 7) is 0.200. The van der Waals surface area contributed by atoms with Gasteiger partial charge in [-0.05, 0) is 32.1 Å². The summed E-state index contributed by atoms with van der Waals surface area (Å²) < 4.78 is 0. The van der Waals surface area contributed by atoms with Gasteiger partial charge < -0.3 is 16.6 Å². The third-order valence-corrected chi connectivity index (χ3v) is 2.64. The molecule has 0 unspecified atom stereocenters. The molecule has 0 aromatic rings. The average Bonchev–Trinajstić information content (AvgIpc) is 1.97. The fourth-order valence-electron chi connectivity index (χ4n) is 1.69. The molecule has 3 nitrogen and oxygen atoms in total. The van der Waals surface area contributed by atoms with E-state index in [1.165, 1.54) is 0 Å². The van der Waals surface area contributed by atoms with Crippen molar-refractivity contribution in [2.45, 2.75) is 43.7 Å². The Morgan fingerprint density at radius 2 is 1.91 bits per heavy atom. The second-order valence-corrected chi connectivity index (χ2v) is 3.67. The van der Waals surface area contributed by atoms with Gasteiger partial charge >= 0.3 is 0 Å². The zero-order chi connectivity index (χ0) is 8.32. The van der Waals surface area contributed by atoms with Gasteiger partial charge in [0.05, 0.1) is 0 Å². The summed E-state index contributed by atoms with van der Waals surface area (Å²) in [6, 6.07) is 0.338. The molecule has 0 amide bonds. The third-order valence-electron chi connectivity index (χ3n) is 2.64. The Kier molecular flexibility index (Phi) is 2.87. The molecular weight excluding hydrogens is 140 g/mol. The van der Waals surface area contributed by atoms with Crippen LogP contribution >= 0.6 is 0 Å². The molecule has 0 saturated heterocycles. The van der Waals surface area contributed by atoms with E-state index < -0.39 is 0 Å². The normalized spacial score (nSPS) is 39.0. The van der Waals surface area contributed by atoms with E-state index in [-0.39, 0.29) is 12.1 Å². The predicted molar refractivity (Wildman–Crippen MR) is 45.1 cm³/mol. The van der Waals surface area contributed by atoms with Crippen LogP contribution in [0.1, 0.15) is 32.1 Å². The summed E-state index contributed by atoms with van der Waals surface area (Å²) >= 11 is 0. The van der Waals surface area contributed by atoms with Crippen LogP contribution in [0.3, 0.4) is 0 Å². The first-order chi connectivity index (χ1) is 5.16. The van der Waals surface area contributed by atoms with E-state index in [4.69, 9.17) is 16.6 Å². The first kappa shape index (κ1) is 8.97. The van der Waals surface area contributed by atoms with Crippen molar-refractivity contribution in [3.8, 4) is 0 Å². The van der Waals surface area contributed by atoms with Crippen LogP contribution in [0.15, 0.2) is 0 Å². The molecule has 1 fully saturated rings. The Morgan fingerprint density at radius 3 is 2.36 bits per heavy atom. The van der Waals surface area contributed by atoms with Crippen LogP contribution in [0.4, 0.5) is 0 Å². The molecule has 0 atom stereocenters. The van der Waals surface area contributed by atoms with Gasteiger partial charge in [-0.1, -0.05) is 0 Å². The summed E-state index contributed by atoms with van der Waals surface area (Å²) in [5, 5.41) is 8.74. The average molecular weight is 158 g/mol. The molecule has 11 heavy (non-hydrogen) atoms. The number of aliphatic hydroxyl groups is 1. The molecule has 5 N–H and O–H groups in total. The van der Waals surface area contributed by atoms with Crippen LogP contribution < -0.4 is 11.5 Å². The van der Waals surface area contributed by atoms with Crippen molar-refractivity contribution in [1.29, 1.82) is 0 Å². The van der Waals surface area contributed by atoms with Gasteiger partial charge in [-0.3, -0.25) is 0 Å². The maximum Gasteiger partial charge on any atom is 0.0448 e. The Labute approximate surface area is 67.8 Å². The fourth-order valence-corrected chi connectivity index (χ4v) is 1.69. The molecular formula is C8H18N2O. The Morgan fingerprint density at radius 1 is 1.36 bits per heavy atom. The van der Waals surface area contributed by atoms with E-state index in [0.717, 1.165) is 32.1 Å². The molecule has 0 radical (unpaired) electrons. The van der Waals surface area contributed by atoms with Crippen LogP contribution in [0.2, 0.25) is 0 Å². The number of aliphatic hydroxyl groups excluding tert-OH is 1. The van der Waals surface area contributed by atoms with Gasteiger partial charge in [-0.15, -0.1) is 0 Å². The molecule has 1 rings (SSSR count). The highest BCUT2D eigenvalue weighted by Crippen LogP contribution is 2.27. The summed E-state index contributed by atoms with van der Waals surface area (Å²) in [4.78, 5) is 0. The number of hydrogen-bond acceptors (Lipinski definition) is 3. The Hall–Kier alpha value is -0.120. The summed E-state index contributed by atoms with van der Waals surface area (Å²) in [5.41, 5.74) is 11.6. The molecule has 0 aromatic carbocycles. The molecule has 3 heteroatoms. The number of nitrogens with two attached hydrogens (primary N) is 2. The highest BCUT2D eigenvalue weighted by Gasteiger charge is 2.29. The predicted octanol–water partition coefficient (Wildman–Crippen LogP) is -0.0324. The summed E-state index contributed by atoms with van der Waals surface area (Å²) in [6.07, 6.45) is 4.68. The minimum Gasteiger partial charge on any atom is -0.396 e. The van der Waals surface area contributed by atoms with E-state index in [1.54, 1.807) is 0 Å². The number of hydrogen-bond donors (Lipinski definition) is 3. The van der Waals surface area contributed by atoms with Crippen LogP contribution in [0.25, 0.3) is 0 Å². The van der Waals surface area contributed by atoms with Crippen molar-refractivity contribution in [1.82, 2.24) is 0 Å². The van der Waals surface area contributed by atoms with Crippen molar-refractivity contribution >= 4 is 0 Å². The molecule has 0 aromatic heterocycles. The van der Waals surface area contributed by atoms with Crippen molar-refractivity contribution in [2.75, 3.05) is 6.61 Å². The molecule has 0 aliphatic heterocycles. The molecule has 1 aliphatic carbocycles. The van der Waals surface area contributed by atoms with Gasteiger partial charge in [0.2, 0.25) is 0 Å². The molecule has 0 bridgehead atoms. The third kappa shape index (κ3) is 2.43. The quantitative estimate of drug-likeness (QED) is 0.528. The van der Waals surface area contributed by atoms with Crippen LogP contribution in [-0.2, 0) is 0 Å². The largest absolute Gasteiger partial charge is 0.396 e. The maximum absolute atomic E-state index is 8.74. The molecule has 1 aliphatic rings. The second-order valence-electron chi connectivity index (χ2n) is 3.67. The van der Waals surface area contributed by atoms with E-state index in [0.29, 0.717) is 6.04 Å². The zero-order valence-corrected chi connectivity index (χ0v) is 6.92. The standard InChI is InChI=1S/C8H18N2O/c9-7-1-3-8(10,4-2-7)5-6-11/h7,11H,1-6,9-10H2. The fraction of sp³-hybridized carbons (Fsp3) is 1.00. The lowest BCUT2D eigenvalue weighted by Gasteiger charge is -2.35. The topological polar surface area (TPSA) is 72.3 Å². The lowest BCUT2D eigenvalue weighted by Crippen LogP contribution is -2.46. The minimum absolute atomic E-state index is 0.120. The second kappa shape index (κ2) is 3.52. The van der Waals surface area contributed by atoms with Crippen molar-refractivity contribution in [3.63, 3.8) is 0 Å². The monoisotopic (exact) mass is 158 g/mol. The van der Waals surface area contributed by atoms with Crippen LogP contribution in [0.5, 0.6) is 0 Å². The smallest absolute Gasteiger partial charge is 0.0448 e. The molecule has 66 valence electrons. The van der Waals surface area contributed by atoms with Gasteiger partial charge in [0, 0.05) is 18.2 Å². The van der Waals surface area contributed by atoms with Gasteiger partial charge in [0.1, 0.15) is 0 Å². The van der Waals surface area contributed by atoms with Crippen LogP contribution in [0, 0.1) is 0 Å². The van der Waals surface area contributed by atoms with E-state index >= 15 is 0 Å². The molecule has 1 saturated carbocycles. The van der Waals surface area contributed by atoms with E-state index in [9.17, 15) is 0 Å². The van der Waals surface area contributed by atoms with Gasteiger partial charge in [-0.2, -0.15) is 0 Å². The zero-order valence-electron chi connectivity index (χ0n) is 6.92. The van der Waals surface area contributed by atoms with Crippen molar-refractivity contribution in [2.24, 2.45) is 11.5 Å². The van der Waals surface area contributed by atoms with Gasteiger partial charge in [0.25, 0.3) is 0 Å². The maximum atomic E-state index is 8.74. The van der Waals surface area contributed by atoms with Gasteiger partial charge in [0.15, 0.2) is 0 Å². The van der Waals surface area contributed by atoms with E-state index in [1.807, 2.05) is 0 Å². The Bertz CT molecular complexity index is 119. The highest BCUT2D eigenvalue weighted by molar-refractivity contribution is 4.90. The molecule has 0 spiro atoms. The highest BCUT2D eigenvalue weighted by atomic mass is 16.3. The first-order valence-electron chi connectivity index (χ1n) is 4.32. The lowest BCUT2D eigenvalue weighted by molar-refractivity contribution is 0.193. The molecule has 0 heterocycles. The summed E-state index contributed by atoms with van der Waals surface area (Å²) in [7, 11) is 0. The first-order valence-corrected chi connectivity index (χ1v) is 4.32. The number of rotatable bonds is 2. The van der Waals surface area contributed by atoms with Crippen molar-refractivity contribution in [3.05, 3.63) is 0 Å². The SMILES string of the molecule is NC1CCC(N)(CCO)CC1. The van der Waals surface area contributed by atoms with Crippen LogP contribution in [-0.4, -0.2) is 23.3 Å².